The highest BCUT2D eigenvalue weighted by Crippen LogP contribution is 2.24. The largest absolute Gasteiger partial charge is 0.426 e. The minimum absolute atomic E-state index is 0.00188. The summed E-state index contributed by atoms with van der Waals surface area (Å²) in [5.41, 5.74) is 3.13. The molecule has 185 valence electrons. The molecule has 2 heterocycles. The van der Waals surface area contributed by atoms with Gasteiger partial charge in [-0.15, -0.1) is 0 Å². The minimum atomic E-state index is -1.26. The zero-order valence-corrected chi connectivity index (χ0v) is 20.4. The molecule has 34 heavy (non-hydrogen) atoms. The number of carbonyl (C=O) groups is 4. The fraction of sp³-hybridized carbons (Fsp3) is 0.560. The monoisotopic (exact) mass is 471 g/mol. The van der Waals surface area contributed by atoms with Crippen LogP contribution < -0.4 is 5.43 Å². The second-order valence-corrected chi connectivity index (χ2v) is 9.64. The Morgan fingerprint density at radius 2 is 1.79 bits per heavy atom. The first-order chi connectivity index (χ1) is 16.2. The number of nitrogens with zero attached hydrogens (tertiary/aromatic N) is 3. The third-order valence-electron chi connectivity index (χ3n) is 5.75. The van der Waals surface area contributed by atoms with Gasteiger partial charge in [0.25, 0.3) is 5.91 Å². The number of piperidine rings is 1. The highest BCUT2D eigenvalue weighted by molar-refractivity contribution is 6.08. The molecule has 2 aliphatic rings. The lowest BCUT2D eigenvalue weighted by Gasteiger charge is -2.36. The van der Waals surface area contributed by atoms with Gasteiger partial charge >= 0.3 is 12.1 Å². The van der Waals surface area contributed by atoms with E-state index in [1.165, 1.54) is 9.91 Å². The second kappa shape index (κ2) is 11.5. The van der Waals surface area contributed by atoms with Crippen LogP contribution in [0.4, 0.5) is 9.59 Å². The number of likely N-dealkylation sites (tertiary alicyclic amines) is 1. The Kier molecular flexibility index (Phi) is 8.66. The molecule has 0 aliphatic carbocycles. The Bertz CT molecular complexity index is 883. The number of carbonyl (C=O) groups excluding carboxylic acids is 4. The number of hydrogen-bond acceptors (Lipinski definition) is 6. The van der Waals surface area contributed by atoms with E-state index in [-0.39, 0.29) is 18.3 Å². The summed E-state index contributed by atoms with van der Waals surface area (Å²) in [6.45, 7) is 10.4. The number of ether oxygens (including phenoxy) is 1. The van der Waals surface area contributed by atoms with E-state index >= 15 is 0 Å². The van der Waals surface area contributed by atoms with Crippen LogP contribution >= 0.6 is 0 Å². The van der Waals surface area contributed by atoms with E-state index in [4.69, 9.17) is 4.74 Å². The van der Waals surface area contributed by atoms with Crippen molar-refractivity contribution < 1.29 is 23.9 Å². The second-order valence-electron chi connectivity index (χ2n) is 9.64. The van der Waals surface area contributed by atoms with Gasteiger partial charge in [-0.05, 0) is 49.7 Å². The lowest BCUT2D eigenvalue weighted by Crippen LogP contribution is -2.57. The summed E-state index contributed by atoms with van der Waals surface area (Å²) in [5.74, 6) is -0.912. The normalized spacial score (nSPS) is 19.4. The molecule has 9 heteroatoms. The molecule has 2 atom stereocenters. The molecule has 4 amide bonds. The predicted octanol–water partition coefficient (Wildman–Crippen LogP) is 3.82. The molecule has 0 aromatic heterocycles. The number of benzene rings is 1. The lowest BCUT2D eigenvalue weighted by molar-refractivity contribution is -0.132. The highest BCUT2D eigenvalue weighted by Gasteiger charge is 2.45. The van der Waals surface area contributed by atoms with Gasteiger partial charge in [0, 0.05) is 18.7 Å². The molecule has 0 bridgehead atoms. The fourth-order valence-corrected chi connectivity index (χ4v) is 4.13. The molecule has 0 saturated carbocycles. The maximum Gasteiger partial charge on any atom is 0.426 e. The van der Waals surface area contributed by atoms with Crippen molar-refractivity contribution in [3.63, 3.8) is 0 Å². The van der Waals surface area contributed by atoms with Gasteiger partial charge in [-0.25, -0.2) is 19.5 Å². The minimum Gasteiger partial charge on any atom is -0.420 e. The van der Waals surface area contributed by atoms with Crippen molar-refractivity contribution in [1.29, 1.82) is 0 Å². The third-order valence-corrected chi connectivity index (χ3v) is 5.75. The van der Waals surface area contributed by atoms with Crippen molar-refractivity contribution in [2.24, 2.45) is 11.8 Å². The molecule has 0 spiro atoms. The number of ketones is 1. The van der Waals surface area contributed by atoms with Gasteiger partial charge in [-0.1, -0.05) is 45.9 Å². The van der Waals surface area contributed by atoms with Crippen LogP contribution in [-0.4, -0.2) is 64.0 Å². The number of nitrogens with one attached hydrogen (secondary N) is 1. The van der Waals surface area contributed by atoms with Gasteiger partial charge < -0.3 is 9.64 Å². The summed E-state index contributed by atoms with van der Waals surface area (Å²) in [6.07, 6.45) is 0.860. The van der Waals surface area contributed by atoms with Gasteiger partial charge in [-0.2, -0.15) is 5.43 Å². The summed E-state index contributed by atoms with van der Waals surface area (Å²) >= 11 is 0. The summed E-state index contributed by atoms with van der Waals surface area (Å²) < 4.78 is 5.32. The molecule has 3 rings (SSSR count). The number of imide groups is 1. The first-order valence-corrected chi connectivity index (χ1v) is 12.0. The Labute approximate surface area is 201 Å². The molecule has 2 unspecified atom stereocenters. The van der Waals surface area contributed by atoms with E-state index in [1.807, 2.05) is 27.7 Å². The third kappa shape index (κ3) is 6.14. The van der Waals surface area contributed by atoms with Crippen LogP contribution in [0.15, 0.2) is 30.3 Å². The Balaban J connectivity index is 1.94. The van der Waals surface area contributed by atoms with Crippen LogP contribution in [0, 0.1) is 18.4 Å². The average Bonchev–Trinajstić information content (AvgIpc) is 3.18. The van der Waals surface area contributed by atoms with Crippen molar-refractivity contribution in [2.45, 2.75) is 65.6 Å². The lowest BCUT2D eigenvalue weighted by atomic mass is 9.97. The van der Waals surface area contributed by atoms with E-state index in [0.717, 1.165) is 24.2 Å². The molecule has 2 fully saturated rings. The van der Waals surface area contributed by atoms with Crippen molar-refractivity contribution in [1.82, 2.24) is 20.2 Å². The highest BCUT2D eigenvalue weighted by atomic mass is 16.6. The van der Waals surface area contributed by atoms with E-state index in [0.29, 0.717) is 18.7 Å². The van der Waals surface area contributed by atoms with Crippen LogP contribution in [-0.2, 0) is 9.53 Å². The van der Waals surface area contributed by atoms with Crippen molar-refractivity contribution >= 4 is 23.8 Å². The molecule has 1 radical (unpaired) electrons. The van der Waals surface area contributed by atoms with Crippen molar-refractivity contribution in [3.8, 4) is 0 Å². The van der Waals surface area contributed by atoms with Crippen LogP contribution in [0.5, 0.6) is 0 Å². The number of amides is 4. The molecule has 2 aliphatic heterocycles. The van der Waals surface area contributed by atoms with E-state index < -0.39 is 36.1 Å². The van der Waals surface area contributed by atoms with E-state index in [1.54, 1.807) is 36.9 Å². The topological polar surface area (TPSA) is 99.3 Å². The zero-order valence-electron chi connectivity index (χ0n) is 20.4. The molecule has 1 aromatic carbocycles. The molecule has 2 saturated heterocycles. The quantitative estimate of drug-likeness (QED) is 0.619. The first-order valence-electron chi connectivity index (χ1n) is 12.0. The summed E-state index contributed by atoms with van der Waals surface area (Å²) in [6, 6.07) is 6.83. The Morgan fingerprint density at radius 3 is 2.38 bits per heavy atom. The maximum absolute atomic E-state index is 13.7. The van der Waals surface area contributed by atoms with Gasteiger partial charge in [0.05, 0.1) is 6.54 Å². The molecular weight excluding hydrogens is 436 g/mol. The zero-order chi connectivity index (χ0) is 24.8. The summed E-state index contributed by atoms with van der Waals surface area (Å²) in [7, 11) is 0. The van der Waals surface area contributed by atoms with Gasteiger partial charge in [0.2, 0.25) is 12.0 Å². The molecule has 9 nitrogen and oxygen atoms in total. The number of cyclic esters (lactones) is 1. The van der Waals surface area contributed by atoms with E-state index in [9.17, 15) is 19.2 Å². The van der Waals surface area contributed by atoms with Crippen LogP contribution in [0.1, 0.15) is 63.7 Å². The number of Topliss-reactive ketones (excluding diaryl/α,β-unsaturated/α-hetero) is 1. The van der Waals surface area contributed by atoms with Gasteiger partial charge in [0.15, 0.2) is 0 Å². The van der Waals surface area contributed by atoms with E-state index in [2.05, 4.69) is 5.43 Å². The Hall–Kier alpha value is -2.94. The smallest absolute Gasteiger partial charge is 0.420 e. The van der Waals surface area contributed by atoms with Crippen LogP contribution in [0.3, 0.4) is 0 Å². The SMILES string of the molecule is CC(C)CC(C(=O)C1NN(CC(C)C)C(=O)O1)N(C(=O)c1ccccc1)C(=O)N1[CH]CCCC1. The molecule has 1 N–H and O–H groups in total. The molecular formula is C25H35N4O5. The van der Waals surface area contributed by atoms with Crippen molar-refractivity contribution in [2.75, 3.05) is 13.1 Å². The number of hydrazine groups is 1. The summed E-state index contributed by atoms with van der Waals surface area (Å²) in [5, 5.41) is 1.27. The standard InChI is InChI=1S/C25H35N4O5/c1-17(2)15-20(21(30)22-26-28(16-18(3)4)25(33)34-22)29(23(31)19-11-7-5-8-12-19)24(32)27-13-9-6-10-14-27/h5,7-8,11-13,17-18,20,22,26H,6,9-10,14-16H2,1-4H3. The van der Waals surface area contributed by atoms with Gasteiger partial charge in [0.1, 0.15) is 6.04 Å². The van der Waals surface area contributed by atoms with Crippen LogP contribution in [0.2, 0.25) is 0 Å². The first kappa shape index (κ1) is 25.7. The van der Waals surface area contributed by atoms with Crippen LogP contribution in [0.25, 0.3) is 0 Å². The van der Waals surface area contributed by atoms with Gasteiger partial charge in [-0.3, -0.25) is 9.59 Å². The number of rotatable bonds is 8. The fourth-order valence-electron chi connectivity index (χ4n) is 4.13. The molecule has 1 aromatic rings. The van der Waals surface area contributed by atoms with Crippen molar-refractivity contribution in [3.05, 3.63) is 42.4 Å². The summed E-state index contributed by atoms with van der Waals surface area (Å²) in [4.78, 5) is 55.8. The Morgan fingerprint density at radius 1 is 1.09 bits per heavy atom. The number of urea groups is 1. The number of hydrogen-bond donors (Lipinski definition) is 1. The predicted molar refractivity (Wildman–Crippen MR) is 126 cm³/mol. The maximum atomic E-state index is 13.7. The average molecular weight is 472 g/mol.